The molecule has 1 saturated carbocycles. The molecule has 86 valence electrons. The molecule has 0 atom stereocenters. The zero-order chi connectivity index (χ0) is 11.4. The van der Waals surface area contributed by atoms with Crippen molar-refractivity contribution < 1.29 is 9.18 Å². The van der Waals surface area contributed by atoms with Gasteiger partial charge in [0.15, 0.2) is 0 Å². The molecule has 2 rings (SSSR count). The third-order valence-corrected chi connectivity index (χ3v) is 4.03. The van der Waals surface area contributed by atoms with E-state index in [1.54, 1.807) is 12.1 Å². The van der Waals surface area contributed by atoms with E-state index in [0.717, 1.165) is 11.3 Å². The molecule has 0 heterocycles. The van der Waals surface area contributed by atoms with Gasteiger partial charge in [-0.2, -0.15) is 0 Å². The first-order valence-corrected chi connectivity index (χ1v) is 6.62. The summed E-state index contributed by atoms with van der Waals surface area (Å²) in [4.78, 5) is 12.6. The standard InChI is InChI=1S/C13H15FOS/c14-11-4-6-13(7-5-11)16-9-12(15)8-10-2-1-3-10/h4-7,10H,1-3,8-9H2. The Balaban J connectivity index is 1.73. The number of hydrogen-bond donors (Lipinski definition) is 0. The second-order valence-corrected chi connectivity index (χ2v) is 5.33. The van der Waals surface area contributed by atoms with Crippen molar-refractivity contribution in [3.05, 3.63) is 30.1 Å². The first kappa shape index (κ1) is 11.6. The number of Topliss-reactive ketones (excluding diaryl/α,β-unsaturated/α-hetero) is 1. The smallest absolute Gasteiger partial charge is 0.143 e. The number of ketones is 1. The number of halogens is 1. The van der Waals surface area contributed by atoms with Gasteiger partial charge in [-0.05, 0) is 30.2 Å². The molecule has 0 spiro atoms. The van der Waals surface area contributed by atoms with Crippen LogP contribution in [-0.2, 0) is 4.79 Å². The molecule has 0 saturated heterocycles. The minimum Gasteiger partial charge on any atom is -0.299 e. The topological polar surface area (TPSA) is 17.1 Å². The highest BCUT2D eigenvalue weighted by atomic mass is 32.2. The quantitative estimate of drug-likeness (QED) is 0.728. The van der Waals surface area contributed by atoms with E-state index in [1.807, 2.05) is 0 Å². The third kappa shape index (κ3) is 3.34. The maximum atomic E-state index is 12.6. The molecule has 0 aromatic heterocycles. The monoisotopic (exact) mass is 238 g/mol. The fraction of sp³-hybridized carbons (Fsp3) is 0.462. The Labute approximate surface area is 99.4 Å². The van der Waals surface area contributed by atoms with Gasteiger partial charge >= 0.3 is 0 Å². The van der Waals surface area contributed by atoms with Crippen LogP contribution in [0.25, 0.3) is 0 Å². The highest BCUT2D eigenvalue weighted by Crippen LogP contribution is 2.30. The highest BCUT2D eigenvalue weighted by Gasteiger charge is 2.20. The van der Waals surface area contributed by atoms with Crippen molar-refractivity contribution in [2.24, 2.45) is 5.92 Å². The number of carbonyl (C=O) groups excluding carboxylic acids is 1. The molecule has 0 amide bonds. The molecular formula is C13H15FOS. The van der Waals surface area contributed by atoms with E-state index in [-0.39, 0.29) is 5.82 Å². The summed E-state index contributed by atoms with van der Waals surface area (Å²) in [6.07, 6.45) is 4.44. The number of thioether (sulfide) groups is 1. The van der Waals surface area contributed by atoms with Crippen LogP contribution in [0.15, 0.2) is 29.2 Å². The largest absolute Gasteiger partial charge is 0.299 e. The first-order valence-electron chi connectivity index (χ1n) is 5.64. The molecule has 0 radical (unpaired) electrons. The van der Waals surface area contributed by atoms with E-state index in [4.69, 9.17) is 0 Å². The second kappa shape index (κ2) is 5.48. The van der Waals surface area contributed by atoms with Crippen molar-refractivity contribution in [3.8, 4) is 0 Å². The molecule has 1 aromatic rings. The predicted octanol–water partition coefficient (Wildman–Crippen LogP) is 3.68. The van der Waals surface area contributed by atoms with Crippen LogP contribution in [0, 0.1) is 11.7 Å². The lowest BCUT2D eigenvalue weighted by atomic mass is 9.82. The molecule has 0 unspecified atom stereocenters. The third-order valence-electron chi connectivity index (χ3n) is 2.95. The Morgan fingerprint density at radius 2 is 2.00 bits per heavy atom. The molecular weight excluding hydrogens is 223 g/mol. The van der Waals surface area contributed by atoms with Gasteiger partial charge in [-0.25, -0.2) is 4.39 Å². The Bertz CT molecular complexity index is 357. The minimum atomic E-state index is -0.231. The predicted molar refractivity (Wildman–Crippen MR) is 64.1 cm³/mol. The van der Waals surface area contributed by atoms with Gasteiger partial charge in [-0.1, -0.05) is 19.3 Å². The molecule has 16 heavy (non-hydrogen) atoms. The van der Waals surface area contributed by atoms with Gasteiger partial charge in [0.2, 0.25) is 0 Å². The lowest BCUT2D eigenvalue weighted by Crippen LogP contribution is -2.16. The molecule has 1 nitrogen and oxygen atoms in total. The molecule has 0 N–H and O–H groups in total. The number of benzene rings is 1. The van der Waals surface area contributed by atoms with Gasteiger partial charge in [0, 0.05) is 11.3 Å². The average Bonchev–Trinajstić information content (AvgIpc) is 2.23. The SMILES string of the molecule is O=C(CSc1ccc(F)cc1)CC1CCC1. The Morgan fingerprint density at radius 3 is 2.56 bits per heavy atom. The van der Waals surface area contributed by atoms with Crippen LogP contribution < -0.4 is 0 Å². The summed E-state index contributed by atoms with van der Waals surface area (Å²) < 4.78 is 12.6. The summed E-state index contributed by atoms with van der Waals surface area (Å²) in [6, 6.07) is 6.30. The summed E-state index contributed by atoms with van der Waals surface area (Å²) in [5.41, 5.74) is 0. The van der Waals surface area contributed by atoms with Crippen molar-refractivity contribution in [1.82, 2.24) is 0 Å². The van der Waals surface area contributed by atoms with Gasteiger partial charge in [0.05, 0.1) is 5.75 Å². The van der Waals surface area contributed by atoms with Crippen LogP contribution in [0.5, 0.6) is 0 Å². The summed E-state index contributed by atoms with van der Waals surface area (Å²) in [7, 11) is 0. The Kier molecular flexibility index (Phi) is 3.99. The van der Waals surface area contributed by atoms with Gasteiger partial charge < -0.3 is 0 Å². The molecule has 1 fully saturated rings. The van der Waals surface area contributed by atoms with Gasteiger partial charge in [0.25, 0.3) is 0 Å². The van der Waals surface area contributed by atoms with Gasteiger partial charge in [0.1, 0.15) is 11.6 Å². The van der Waals surface area contributed by atoms with Crippen LogP contribution in [0.4, 0.5) is 4.39 Å². The molecule has 1 aliphatic rings. The van der Waals surface area contributed by atoms with E-state index >= 15 is 0 Å². The Morgan fingerprint density at radius 1 is 1.31 bits per heavy atom. The van der Waals surface area contributed by atoms with Crippen molar-refractivity contribution in [3.63, 3.8) is 0 Å². The zero-order valence-electron chi connectivity index (χ0n) is 9.12. The van der Waals surface area contributed by atoms with Crippen LogP contribution in [0.2, 0.25) is 0 Å². The van der Waals surface area contributed by atoms with Crippen LogP contribution >= 0.6 is 11.8 Å². The summed E-state index contributed by atoms with van der Waals surface area (Å²) in [6.45, 7) is 0. The number of hydrogen-bond acceptors (Lipinski definition) is 2. The average molecular weight is 238 g/mol. The van der Waals surface area contributed by atoms with Crippen molar-refractivity contribution in [1.29, 1.82) is 0 Å². The fourth-order valence-electron chi connectivity index (χ4n) is 1.77. The maximum Gasteiger partial charge on any atom is 0.143 e. The molecule has 0 bridgehead atoms. The summed E-state index contributed by atoms with van der Waals surface area (Å²) >= 11 is 1.50. The Hall–Kier alpha value is -0.830. The van der Waals surface area contributed by atoms with E-state index in [2.05, 4.69) is 0 Å². The van der Waals surface area contributed by atoms with Crippen molar-refractivity contribution in [2.45, 2.75) is 30.6 Å². The summed E-state index contributed by atoms with van der Waals surface area (Å²) in [5, 5.41) is 0. The zero-order valence-corrected chi connectivity index (χ0v) is 9.93. The molecule has 1 aliphatic carbocycles. The number of rotatable bonds is 5. The fourth-order valence-corrected chi connectivity index (χ4v) is 2.55. The first-order chi connectivity index (χ1) is 7.74. The van der Waals surface area contributed by atoms with Crippen molar-refractivity contribution in [2.75, 3.05) is 5.75 Å². The highest BCUT2D eigenvalue weighted by molar-refractivity contribution is 8.00. The van der Waals surface area contributed by atoms with E-state index in [0.29, 0.717) is 17.5 Å². The minimum absolute atomic E-state index is 0.231. The van der Waals surface area contributed by atoms with Crippen LogP contribution in [-0.4, -0.2) is 11.5 Å². The van der Waals surface area contributed by atoms with Crippen LogP contribution in [0.1, 0.15) is 25.7 Å². The lowest BCUT2D eigenvalue weighted by molar-refractivity contribution is -0.118. The van der Waals surface area contributed by atoms with E-state index < -0.39 is 0 Å². The van der Waals surface area contributed by atoms with E-state index in [9.17, 15) is 9.18 Å². The van der Waals surface area contributed by atoms with Gasteiger partial charge in [-0.3, -0.25) is 4.79 Å². The lowest BCUT2D eigenvalue weighted by Gasteiger charge is -2.24. The van der Waals surface area contributed by atoms with Crippen molar-refractivity contribution >= 4 is 17.5 Å². The normalized spacial score (nSPS) is 15.8. The molecule has 0 aliphatic heterocycles. The molecule has 1 aromatic carbocycles. The van der Waals surface area contributed by atoms with Crippen LogP contribution in [0.3, 0.4) is 0 Å². The maximum absolute atomic E-state index is 12.6. The van der Waals surface area contributed by atoms with Gasteiger partial charge in [-0.15, -0.1) is 11.8 Å². The number of carbonyl (C=O) groups is 1. The summed E-state index contributed by atoms with van der Waals surface area (Å²) in [5.74, 6) is 1.24. The second-order valence-electron chi connectivity index (χ2n) is 4.28. The molecule has 3 heteroatoms. The van der Waals surface area contributed by atoms with E-state index in [1.165, 1.54) is 43.2 Å².